The van der Waals surface area contributed by atoms with Crippen LogP contribution in [0.2, 0.25) is 0 Å². The molecule has 2 aromatic rings. The molecule has 1 fully saturated rings. The van der Waals surface area contributed by atoms with Crippen molar-refractivity contribution >= 4 is 17.7 Å². The lowest BCUT2D eigenvalue weighted by Gasteiger charge is -2.36. The number of piperazine rings is 1. The van der Waals surface area contributed by atoms with Gasteiger partial charge in [-0.15, -0.1) is 0 Å². The molecule has 1 amide bonds. The van der Waals surface area contributed by atoms with E-state index in [0.717, 1.165) is 41.2 Å². The fourth-order valence-electron chi connectivity index (χ4n) is 3.61. The molecule has 0 atom stereocenters. The zero-order chi connectivity index (χ0) is 18.1. The summed E-state index contributed by atoms with van der Waals surface area (Å²) < 4.78 is 18.6. The Labute approximate surface area is 152 Å². The molecule has 0 spiro atoms. The molecule has 1 saturated heterocycles. The Balaban J connectivity index is 1.39. The first kappa shape index (κ1) is 16.6. The summed E-state index contributed by atoms with van der Waals surface area (Å²) in [5, 5.41) is 0. The van der Waals surface area contributed by atoms with E-state index in [-0.39, 0.29) is 11.7 Å². The van der Waals surface area contributed by atoms with E-state index < -0.39 is 0 Å². The number of fused-ring (bicyclic) bond motifs is 1. The van der Waals surface area contributed by atoms with Crippen molar-refractivity contribution in [2.45, 2.75) is 6.42 Å². The quantitative estimate of drug-likeness (QED) is 0.851. The van der Waals surface area contributed by atoms with Gasteiger partial charge in [-0.3, -0.25) is 4.79 Å². The highest BCUT2D eigenvalue weighted by Gasteiger charge is 2.26. The van der Waals surface area contributed by atoms with Gasteiger partial charge in [0.05, 0.1) is 7.11 Å². The van der Waals surface area contributed by atoms with Crippen LogP contribution in [0, 0.1) is 5.82 Å². The van der Waals surface area contributed by atoms with E-state index in [9.17, 15) is 9.18 Å². The molecule has 0 unspecified atom stereocenters. The van der Waals surface area contributed by atoms with Crippen LogP contribution in [0.4, 0.5) is 10.1 Å². The zero-order valence-corrected chi connectivity index (χ0v) is 14.7. The maximum Gasteiger partial charge on any atom is 0.250 e. The number of benzene rings is 2. The number of rotatable bonds is 3. The van der Waals surface area contributed by atoms with Gasteiger partial charge in [-0.2, -0.15) is 0 Å². The van der Waals surface area contributed by atoms with Gasteiger partial charge in [0.2, 0.25) is 5.91 Å². The van der Waals surface area contributed by atoms with E-state index in [4.69, 9.17) is 4.74 Å². The second-order valence-electron chi connectivity index (χ2n) is 6.67. The summed E-state index contributed by atoms with van der Waals surface area (Å²) in [7, 11) is 1.66. The Morgan fingerprint density at radius 1 is 1.04 bits per heavy atom. The largest absolute Gasteiger partial charge is 0.497 e. The van der Waals surface area contributed by atoms with Gasteiger partial charge in [0, 0.05) is 43.9 Å². The molecule has 0 aromatic heterocycles. The van der Waals surface area contributed by atoms with Crippen molar-refractivity contribution in [3.8, 4) is 5.75 Å². The Bertz CT molecular complexity index is 853. The summed E-state index contributed by atoms with van der Waals surface area (Å²) in [5.74, 6) is 0.643. The topological polar surface area (TPSA) is 32.8 Å². The fraction of sp³-hybridized carbons (Fsp3) is 0.286. The number of amides is 1. The molecule has 2 aromatic carbocycles. The lowest BCUT2D eigenvalue weighted by atomic mass is 10.1. The maximum absolute atomic E-state index is 13.4. The van der Waals surface area contributed by atoms with E-state index in [2.05, 4.69) is 4.90 Å². The van der Waals surface area contributed by atoms with Crippen LogP contribution in [0.25, 0.3) is 6.08 Å². The highest BCUT2D eigenvalue weighted by molar-refractivity contribution is 6.00. The molecule has 0 radical (unpaired) electrons. The highest BCUT2D eigenvalue weighted by Crippen LogP contribution is 2.27. The molecule has 134 valence electrons. The van der Waals surface area contributed by atoms with Gasteiger partial charge in [0.25, 0.3) is 0 Å². The summed E-state index contributed by atoms with van der Waals surface area (Å²) in [6.07, 6.45) is 2.42. The molecule has 4 rings (SSSR count). The predicted molar refractivity (Wildman–Crippen MR) is 99.9 cm³/mol. The van der Waals surface area contributed by atoms with Gasteiger partial charge in [-0.25, -0.2) is 4.39 Å². The van der Waals surface area contributed by atoms with Crippen LogP contribution < -0.4 is 9.64 Å². The summed E-state index contributed by atoms with van der Waals surface area (Å²) >= 11 is 0. The van der Waals surface area contributed by atoms with Gasteiger partial charge in [0.1, 0.15) is 11.6 Å². The van der Waals surface area contributed by atoms with Crippen LogP contribution in [-0.4, -0.2) is 44.1 Å². The number of methoxy groups -OCH3 is 1. The van der Waals surface area contributed by atoms with Crippen molar-refractivity contribution in [3.63, 3.8) is 0 Å². The number of ether oxygens (including phenoxy) is 1. The number of hydrogen-bond acceptors (Lipinski definition) is 3. The van der Waals surface area contributed by atoms with E-state index in [0.29, 0.717) is 19.5 Å². The second-order valence-corrected chi connectivity index (χ2v) is 6.67. The summed E-state index contributed by atoms with van der Waals surface area (Å²) in [4.78, 5) is 17.0. The lowest BCUT2D eigenvalue weighted by Crippen LogP contribution is -2.49. The normalized spacial score (nSPS) is 16.3. The Morgan fingerprint density at radius 2 is 1.77 bits per heavy atom. The van der Waals surface area contributed by atoms with Gasteiger partial charge in [-0.05, 0) is 53.6 Å². The van der Waals surface area contributed by atoms with Crippen LogP contribution in [0.3, 0.4) is 0 Å². The molecule has 0 saturated carbocycles. The minimum atomic E-state index is -0.262. The van der Waals surface area contributed by atoms with Gasteiger partial charge < -0.3 is 14.5 Å². The van der Waals surface area contributed by atoms with Crippen LogP contribution in [-0.2, 0) is 11.2 Å². The van der Waals surface area contributed by atoms with Crippen molar-refractivity contribution in [1.29, 1.82) is 0 Å². The molecule has 1 aliphatic carbocycles. The summed E-state index contributed by atoms with van der Waals surface area (Å²) in [6.45, 7) is 2.97. The molecule has 1 aliphatic heterocycles. The molecule has 26 heavy (non-hydrogen) atoms. The van der Waals surface area contributed by atoms with Crippen LogP contribution in [0.5, 0.6) is 5.75 Å². The van der Waals surface area contributed by atoms with Gasteiger partial charge in [0.15, 0.2) is 0 Å². The third kappa shape index (κ3) is 3.17. The van der Waals surface area contributed by atoms with E-state index in [1.165, 1.54) is 12.1 Å². The molecule has 2 aliphatic rings. The Hall–Kier alpha value is -2.82. The van der Waals surface area contributed by atoms with Crippen molar-refractivity contribution in [2.24, 2.45) is 0 Å². The molecule has 0 N–H and O–H groups in total. The minimum Gasteiger partial charge on any atom is -0.497 e. The van der Waals surface area contributed by atoms with E-state index in [1.807, 2.05) is 35.2 Å². The van der Waals surface area contributed by atoms with E-state index in [1.54, 1.807) is 13.2 Å². The van der Waals surface area contributed by atoms with Crippen molar-refractivity contribution in [1.82, 2.24) is 4.90 Å². The molecule has 1 heterocycles. The molecular formula is C21H21FN2O2. The SMILES string of the molecule is COc1ccc(N2CCN(C(=O)C3=Cc4cc(F)ccc4C3)CC2)cc1. The van der Waals surface area contributed by atoms with Crippen LogP contribution >= 0.6 is 0 Å². The Morgan fingerprint density at radius 3 is 2.46 bits per heavy atom. The number of halogens is 1. The standard InChI is InChI=1S/C21H21FN2O2/c1-26-20-6-4-19(5-7-20)23-8-10-24(11-9-23)21(25)17-12-15-2-3-18(22)14-16(15)13-17/h2-7,13-14H,8-12H2,1H3. The van der Waals surface area contributed by atoms with E-state index >= 15 is 0 Å². The first-order valence-electron chi connectivity index (χ1n) is 8.81. The number of carbonyl (C=O) groups is 1. The van der Waals surface area contributed by atoms with Crippen molar-refractivity contribution in [2.75, 3.05) is 38.2 Å². The molecule has 4 nitrogen and oxygen atoms in total. The zero-order valence-electron chi connectivity index (χ0n) is 14.7. The first-order chi connectivity index (χ1) is 12.6. The van der Waals surface area contributed by atoms with Crippen molar-refractivity contribution in [3.05, 3.63) is 65.0 Å². The molecule has 0 bridgehead atoms. The number of nitrogens with zero attached hydrogens (tertiary/aromatic N) is 2. The second kappa shape index (κ2) is 6.83. The summed E-state index contributed by atoms with van der Waals surface area (Å²) in [5.41, 5.74) is 3.74. The van der Waals surface area contributed by atoms with Crippen molar-refractivity contribution < 1.29 is 13.9 Å². The monoisotopic (exact) mass is 352 g/mol. The number of anilines is 1. The predicted octanol–water partition coefficient (Wildman–Crippen LogP) is 3.12. The third-order valence-corrected chi connectivity index (χ3v) is 5.10. The number of hydrogen-bond donors (Lipinski definition) is 0. The smallest absolute Gasteiger partial charge is 0.250 e. The van der Waals surface area contributed by atoms with Gasteiger partial charge in [-0.1, -0.05) is 6.07 Å². The average molecular weight is 352 g/mol. The third-order valence-electron chi connectivity index (χ3n) is 5.10. The number of carbonyl (C=O) groups excluding carboxylic acids is 1. The fourth-order valence-corrected chi connectivity index (χ4v) is 3.61. The molecular weight excluding hydrogens is 331 g/mol. The van der Waals surface area contributed by atoms with Gasteiger partial charge >= 0.3 is 0 Å². The average Bonchev–Trinajstić information content (AvgIpc) is 3.11. The first-order valence-corrected chi connectivity index (χ1v) is 8.81. The van der Waals surface area contributed by atoms with Crippen LogP contribution in [0.15, 0.2) is 48.0 Å². The van der Waals surface area contributed by atoms with Crippen LogP contribution in [0.1, 0.15) is 11.1 Å². The maximum atomic E-state index is 13.4. The summed E-state index contributed by atoms with van der Waals surface area (Å²) in [6, 6.07) is 12.7. The Kier molecular flexibility index (Phi) is 4.37. The molecule has 5 heteroatoms. The highest BCUT2D eigenvalue weighted by atomic mass is 19.1. The minimum absolute atomic E-state index is 0.0657. The lowest BCUT2D eigenvalue weighted by molar-refractivity contribution is -0.127.